The third-order valence-corrected chi connectivity index (χ3v) is 2.11. The van der Waals surface area contributed by atoms with Gasteiger partial charge in [-0.3, -0.25) is 0 Å². The summed E-state index contributed by atoms with van der Waals surface area (Å²) in [6.07, 6.45) is 3.68. The third kappa shape index (κ3) is 1.94. The van der Waals surface area contributed by atoms with E-state index in [9.17, 15) is 8.78 Å². The first kappa shape index (κ1) is 10.7. The van der Waals surface area contributed by atoms with E-state index in [-0.39, 0.29) is 16.7 Å². The van der Waals surface area contributed by atoms with E-state index in [0.717, 1.165) is 6.20 Å². The van der Waals surface area contributed by atoms with Gasteiger partial charge < -0.3 is 5.73 Å². The Bertz CT molecular complexity index is 513. The Kier molecular flexibility index (Phi) is 2.69. The Morgan fingerprint density at radius 2 is 2.12 bits per heavy atom. The molecule has 0 unspecified atom stereocenters. The summed E-state index contributed by atoms with van der Waals surface area (Å²) in [4.78, 5) is 7.52. The minimum Gasteiger partial charge on any atom is -0.368 e. The van der Waals surface area contributed by atoms with Gasteiger partial charge in [-0.1, -0.05) is 11.6 Å². The van der Waals surface area contributed by atoms with Crippen LogP contribution in [-0.2, 0) is 0 Å². The molecule has 84 valence electrons. The molecule has 0 atom stereocenters. The number of alkyl halides is 2. The number of hydrogen-bond acceptors (Lipinski definition) is 4. The topological polar surface area (TPSA) is 69.6 Å². The van der Waals surface area contributed by atoms with Crippen molar-refractivity contribution in [3.8, 4) is 11.3 Å². The summed E-state index contributed by atoms with van der Waals surface area (Å²) in [6.45, 7) is -2.70. The largest absolute Gasteiger partial charge is 0.368 e. The molecule has 2 N–H and O–H groups in total. The van der Waals surface area contributed by atoms with Gasteiger partial charge in [0.15, 0.2) is 0 Å². The van der Waals surface area contributed by atoms with Crippen molar-refractivity contribution in [1.82, 2.24) is 19.7 Å². The van der Waals surface area contributed by atoms with Crippen molar-refractivity contribution < 1.29 is 8.78 Å². The van der Waals surface area contributed by atoms with Gasteiger partial charge >= 0.3 is 6.55 Å². The average Bonchev–Trinajstić information content (AvgIpc) is 2.70. The van der Waals surface area contributed by atoms with Gasteiger partial charge in [-0.05, 0) is 0 Å². The molecule has 0 aliphatic rings. The Labute approximate surface area is 93.9 Å². The quantitative estimate of drug-likeness (QED) is 0.878. The summed E-state index contributed by atoms with van der Waals surface area (Å²) >= 11 is 5.81. The Morgan fingerprint density at radius 1 is 1.38 bits per heavy atom. The van der Waals surface area contributed by atoms with E-state index < -0.39 is 6.55 Å². The van der Waals surface area contributed by atoms with Crippen LogP contribution in [0, 0.1) is 0 Å². The number of aromatic nitrogens is 4. The summed E-state index contributed by atoms with van der Waals surface area (Å²) in [5.41, 5.74) is 6.01. The summed E-state index contributed by atoms with van der Waals surface area (Å²) in [5.74, 6) is 0.0178. The summed E-state index contributed by atoms with van der Waals surface area (Å²) in [7, 11) is 0. The van der Waals surface area contributed by atoms with Crippen LogP contribution in [0.25, 0.3) is 11.3 Å². The van der Waals surface area contributed by atoms with Crippen molar-refractivity contribution in [2.45, 2.75) is 6.55 Å². The molecule has 0 aliphatic heterocycles. The molecule has 0 saturated heterocycles. The highest BCUT2D eigenvalue weighted by Gasteiger charge is 2.12. The number of nitrogens with zero attached hydrogens (tertiary/aromatic N) is 4. The Morgan fingerprint density at radius 3 is 2.75 bits per heavy atom. The summed E-state index contributed by atoms with van der Waals surface area (Å²) < 4.78 is 25.1. The van der Waals surface area contributed by atoms with E-state index in [1.165, 1.54) is 12.4 Å². The van der Waals surface area contributed by atoms with Gasteiger partial charge in [0.25, 0.3) is 0 Å². The minimum atomic E-state index is -2.70. The lowest BCUT2D eigenvalue weighted by Crippen LogP contribution is -1.97. The van der Waals surface area contributed by atoms with Gasteiger partial charge in [0, 0.05) is 11.8 Å². The van der Waals surface area contributed by atoms with Gasteiger partial charge in [-0.25, -0.2) is 14.6 Å². The molecule has 0 fully saturated rings. The van der Waals surface area contributed by atoms with E-state index in [1.807, 2.05) is 0 Å². The normalized spacial score (nSPS) is 11.0. The molecule has 0 spiro atoms. The predicted molar refractivity (Wildman–Crippen MR) is 53.9 cm³/mol. The lowest BCUT2D eigenvalue weighted by atomic mass is 10.2. The fourth-order valence-corrected chi connectivity index (χ4v) is 1.35. The maximum absolute atomic E-state index is 12.3. The molecule has 2 rings (SSSR count). The zero-order valence-electron chi connectivity index (χ0n) is 7.81. The van der Waals surface area contributed by atoms with Gasteiger partial charge in [-0.15, -0.1) is 0 Å². The first-order chi connectivity index (χ1) is 7.58. The molecule has 8 heteroatoms. The molecule has 0 saturated carbocycles. The molecule has 0 aliphatic carbocycles. The lowest BCUT2D eigenvalue weighted by molar-refractivity contribution is 0.0566. The second-order valence-electron chi connectivity index (χ2n) is 2.91. The lowest BCUT2D eigenvalue weighted by Gasteiger charge is -2.00. The van der Waals surface area contributed by atoms with Crippen molar-refractivity contribution in [1.29, 1.82) is 0 Å². The molecule has 2 aromatic rings. The van der Waals surface area contributed by atoms with Crippen LogP contribution in [0.2, 0.25) is 5.02 Å². The highest BCUT2D eigenvalue weighted by molar-refractivity contribution is 6.32. The van der Waals surface area contributed by atoms with Crippen molar-refractivity contribution in [2.24, 2.45) is 0 Å². The molecule has 0 amide bonds. The zero-order valence-corrected chi connectivity index (χ0v) is 8.57. The Hall–Kier alpha value is -1.76. The first-order valence-corrected chi connectivity index (χ1v) is 4.56. The standard InChI is InChI=1S/C8H6ClF2N5/c9-5-2-13-8(12)15-6(5)4-1-14-16(3-4)7(10)11/h1-3,7H,(H2,12,13,15). The maximum Gasteiger partial charge on any atom is 0.333 e. The number of nitrogens with two attached hydrogens (primary N) is 1. The smallest absolute Gasteiger partial charge is 0.333 e. The SMILES string of the molecule is Nc1ncc(Cl)c(-c2cnn(C(F)F)c2)n1. The first-order valence-electron chi connectivity index (χ1n) is 4.18. The van der Waals surface area contributed by atoms with Crippen molar-refractivity contribution in [3.63, 3.8) is 0 Å². The van der Waals surface area contributed by atoms with Gasteiger partial charge in [0.1, 0.15) is 0 Å². The van der Waals surface area contributed by atoms with Crippen LogP contribution in [0.5, 0.6) is 0 Å². The Balaban J connectivity index is 2.46. The highest BCUT2D eigenvalue weighted by Crippen LogP contribution is 2.26. The molecule has 0 aromatic carbocycles. The highest BCUT2D eigenvalue weighted by atomic mass is 35.5. The monoisotopic (exact) mass is 245 g/mol. The molecular formula is C8H6ClF2N5. The van der Waals surface area contributed by atoms with E-state index >= 15 is 0 Å². The predicted octanol–water partition coefficient (Wildman–Crippen LogP) is 1.97. The third-order valence-electron chi connectivity index (χ3n) is 1.84. The molecule has 5 nitrogen and oxygen atoms in total. The van der Waals surface area contributed by atoms with Gasteiger partial charge in [0.2, 0.25) is 5.95 Å². The molecule has 0 bridgehead atoms. The van der Waals surface area contributed by atoms with E-state index in [1.54, 1.807) is 0 Å². The molecule has 2 aromatic heterocycles. The van der Waals surface area contributed by atoms with Crippen LogP contribution in [0.15, 0.2) is 18.6 Å². The van der Waals surface area contributed by atoms with Crippen molar-refractivity contribution in [2.75, 3.05) is 5.73 Å². The van der Waals surface area contributed by atoms with Gasteiger partial charge in [-0.2, -0.15) is 13.9 Å². The molecule has 2 heterocycles. The maximum atomic E-state index is 12.3. The fraction of sp³-hybridized carbons (Fsp3) is 0.125. The van der Waals surface area contributed by atoms with Crippen LogP contribution < -0.4 is 5.73 Å². The van der Waals surface area contributed by atoms with E-state index in [4.69, 9.17) is 17.3 Å². The van der Waals surface area contributed by atoms with Crippen LogP contribution in [-0.4, -0.2) is 19.7 Å². The number of anilines is 1. The second-order valence-corrected chi connectivity index (χ2v) is 3.32. The van der Waals surface area contributed by atoms with E-state index in [0.29, 0.717) is 10.2 Å². The van der Waals surface area contributed by atoms with Crippen molar-refractivity contribution in [3.05, 3.63) is 23.6 Å². The number of hydrogen-bond donors (Lipinski definition) is 1. The number of rotatable bonds is 2. The number of nitrogen functional groups attached to an aromatic ring is 1. The van der Waals surface area contributed by atoms with Crippen LogP contribution in [0.3, 0.4) is 0 Å². The van der Waals surface area contributed by atoms with Gasteiger partial charge in [0.05, 0.1) is 23.1 Å². The fourth-order valence-electron chi connectivity index (χ4n) is 1.15. The average molecular weight is 246 g/mol. The van der Waals surface area contributed by atoms with Crippen LogP contribution in [0.4, 0.5) is 14.7 Å². The molecular weight excluding hydrogens is 240 g/mol. The van der Waals surface area contributed by atoms with Crippen LogP contribution >= 0.6 is 11.6 Å². The van der Waals surface area contributed by atoms with E-state index in [2.05, 4.69) is 15.1 Å². The molecule has 0 radical (unpaired) electrons. The van der Waals surface area contributed by atoms with Crippen LogP contribution in [0.1, 0.15) is 6.55 Å². The number of halogens is 3. The molecule has 16 heavy (non-hydrogen) atoms. The summed E-state index contributed by atoms with van der Waals surface area (Å²) in [5, 5.41) is 3.69. The zero-order chi connectivity index (χ0) is 11.7. The second kappa shape index (κ2) is 4.01. The summed E-state index contributed by atoms with van der Waals surface area (Å²) in [6, 6.07) is 0. The van der Waals surface area contributed by atoms with Crippen molar-refractivity contribution >= 4 is 17.5 Å². The minimum absolute atomic E-state index is 0.0178.